The number of hydrogen-bond donors (Lipinski definition) is 2. The lowest BCUT2D eigenvalue weighted by atomic mass is 10.1. The van der Waals surface area contributed by atoms with Crippen molar-refractivity contribution in [2.24, 2.45) is 5.92 Å². The number of anilines is 1. The second-order valence-corrected chi connectivity index (χ2v) is 3.46. The summed E-state index contributed by atoms with van der Waals surface area (Å²) in [4.78, 5) is 0. The molecule has 13 heavy (non-hydrogen) atoms. The van der Waals surface area contributed by atoms with Crippen LogP contribution in [0.3, 0.4) is 0 Å². The first-order chi connectivity index (χ1) is 6.20. The SMILES string of the molecule is C[C@H](O)[C@@H](C)CNc1ccccc1. The molecule has 0 saturated carbocycles. The topological polar surface area (TPSA) is 32.3 Å². The normalized spacial score (nSPS) is 15.0. The van der Waals surface area contributed by atoms with Crippen LogP contribution < -0.4 is 5.32 Å². The second kappa shape index (κ2) is 4.87. The van der Waals surface area contributed by atoms with Crippen molar-refractivity contribution in [1.82, 2.24) is 0 Å². The Morgan fingerprint density at radius 2 is 1.85 bits per heavy atom. The number of nitrogens with one attached hydrogen (secondary N) is 1. The summed E-state index contributed by atoms with van der Waals surface area (Å²) in [7, 11) is 0. The molecule has 0 unspecified atom stereocenters. The Hall–Kier alpha value is -1.02. The van der Waals surface area contributed by atoms with E-state index in [-0.39, 0.29) is 12.0 Å². The van der Waals surface area contributed by atoms with Crippen LogP contribution >= 0.6 is 0 Å². The van der Waals surface area contributed by atoms with Crippen LogP contribution in [0.15, 0.2) is 30.3 Å². The molecule has 1 rings (SSSR count). The van der Waals surface area contributed by atoms with Crippen molar-refractivity contribution < 1.29 is 5.11 Å². The molecule has 0 amide bonds. The number of aliphatic hydroxyl groups excluding tert-OH is 1. The molecule has 1 aromatic rings. The number of para-hydroxylation sites is 1. The Morgan fingerprint density at radius 3 is 2.38 bits per heavy atom. The van der Waals surface area contributed by atoms with Gasteiger partial charge in [0.25, 0.3) is 0 Å². The third kappa shape index (κ3) is 3.47. The Balaban J connectivity index is 2.35. The summed E-state index contributed by atoms with van der Waals surface area (Å²) >= 11 is 0. The number of aliphatic hydroxyl groups is 1. The van der Waals surface area contributed by atoms with Crippen LogP contribution in [0.25, 0.3) is 0 Å². The van der Waals surface area contributed by atoms with Gasteiger partial charge in [0.1, 0.15) is 0 Å². The summed E-state index contributed by atoms with van der Waals surface area (Å²) in [5.41, 5.74) is 1.11. The van der Waals surface area contributed by atoms with E-state index in [1.807, 2.05) is 44.2 Å². The van der Waals surface area contributed by atoms with Gasteiger partial charge in [-0.2, -0.15) is 0 Å². The van der Waals surface area contributed by atoms with Gasteiger partial charge in [-0.15, -0.1) is 0 Å². The van der Waals surface area contributed by atoms with E-state index < -0.39 is 0 Å². The van der Waals surface area contributed by atoms with Gasteiger partial charge in [-0.1, -0.05) is 25.1 Å². The molecule has 0 aliphatic rings. The number of rotatable bonds is 4. The molecular weight excluding hydrogens is 162 g/mol. The van der Waals surface area contributed by atoms with Crippen LogP contribution in [0.4, 0.5) is 5.69 Å². The van der Waals surface area contributed by atoms with Crippen LogP contribution in [-0.2, 0) is 0 Å². The number of benzene rings is 1. The zero-order valence-electron chi connectivity index (χ0n) is 8.20. The first-order valence-electron chi connectivity index (χ1n) is 4.67. The maximum atomic E-state index is 9.26. The average molecular weight is 179 g/mol. The van der Waals surface area contributed by atoms with Crippen molar-refractivity contribution in [3.8, 4) is 0 Å². The minimum Gasteiger partial charge on any atom is -0.393 e. The quantitative estimate of drug-likeness (QED) is 0.742. The molecule has 72 valence electrons. The first kappa shape index (κ1) is 10.1. The fourth-order valence-corrected chi connectivity index (χ4v) is 1.01. The van der Waals surface area contributed by atoms with Crippen LogP contribution in [-0.4, -0.2) is 17.8 Å². The predicted octanol–water partition coefficient (Wildman–Crippen LogP) is 2.12. The lowest BCUT2D eigenvalue weighted by Crippen LogP contribution is -2.21. The summed E-state index contributed by atoms with van der Waals surface area (Å²) in [5.74, 6) is 0.278. The molecule has 1 aromatic carbocycles. The molecule has 0 aliphatic carbocycles. The molecule has 0 bridgehead atoms. The standard InChI is InChI=1S/C11H17NO/c1-9(10(2)13)8-12-11-6-4-3-5-7-11/h3-7,9-10,12-13H,8H2,1-2H3/t9-,10-/m0/s1. The van der Waals surface area contributed by atoms with E-state index in [9.17, 15) is 5.11 Å². The highest BCUT2D eigenvalue weighted by molar-refractivity contribution is 5.42. The molecule has 0 aliphatic heterocycles. The van der Waals surface area contributed by atoms with Crippen LogP contribution in [0.2, 0.25) is 0 Å². The highest BCUT2D eigenvalue weighted by atomic mass is 16.3. The minimum absolute atomic E-state index is 0.254. The van der Waals surface area contributed by atoms with Crippen LogP contribution in [0, 0.1) is 5.92 Å². The number of hydrogen-bond acceptors (Lipinski definition) is 2. The molecule has 2 heteroatoms. The highest BCUT2D eigenvalue weighted by Gasteiger charge is 2.07. The predicted molar refractivity (Wildman–Crippen MR) is 55.8 cm³/mol. The smallest absolute Gasteiger partial charge is 0.0554 e. The summed E-state index contributed by atoms with van der Waals surface area (Å²) in [6, 6.07) is 10.0. The van der Waals surface area contributed by atoms with Crippen LogP contribution in [0.1, 0.15) is 13.8 Å². The molecule has 2 nitrogen and oxygen atoms in total. The fourth-order valence-electron chi connectivity index (χ4n) is 1.01. The molecule has 2 atom stereocenters. The van der Waals surface area contributed by atoms with Crippen molar-refractivity contribution in [2.45, 2.75) is 20.0 Å². The molecule has 2 N–H and O–H groups in total. The van der Waals surface area contributed by atoms with E-state index in [1.165, 1.54) is 0 Å². The van der Waals surface area contributed by atoms with Crippen molar-refractivity contribution in [1.29, 1.82) is 0 Å². The van der Waals surface area contributed by atoms with Gasteiger partial charge in [-0.3, -0.25) is 0 Å². The van der Waals surface area contributed by atoms with E-state index in [1.54, 1.807) is 0 Å². The van der Waals surface area contributed by atoms with E-state index in [2.05, 4.69) is 5.32 Å². The first-order valence-corrected chi connectivity index (χ1v) is 4.67. The van der Waals surface area contributed by atoms with Crippen molar-refractivity contribution in [3.05, 3.63) is 30.3 Å². The van der Waals surface area contributed by atoms with Gasteiger partial charge in [-0.05, 0) is 25.0 Å². The monoisotopic (exact) mass is 179 g/mol. The Labute approximate surface area is 79.6 Å². The molecule has 0 spiro atoms. The molecule has 0 heterocycles. The largest absolute Gasteiger partial charge is 0.393 e. The Bertz CT molecular complexity index is 233. The van der Waals surface area contributed by atoms with Gasteiger partial charge in [-0.25, -0.2) is 0 Å². The molecule has 0 saturated heterocycles. The zero-order valence-corrected chi connectivity index (χ0v) is 8.20. The average Bonchev–Trinajstić information content (AvgIpc) is 2.15. The van der Waals surface area contributed by atoms with Crippen molar-refractivity contribution >= 4 is 5.69 Å². The third-order valence-corrected chi connectivity index (χ3v) is 2.23. The van der Waals surface area contributed by atoms with Gasteiger partial charge < -0.3 is 10.4 Å². The van der Waals surface area contributed by atoms with Crippen molar-refractivity contribution in [2.75, 3.05) is 11.9 Å². The summed E-state index contributed by atoms with van der Waals surface area (Å²) in [5, 5.41) is 12.5. The van der Waals surface area contributed by atoms with Crippen molar-refractivity contribution in [3.63, 3.8) is 0 Å². The summed E-state index contributed by atoms with van der Waals surface area (Å²) < 4.78 is 0. The minimum atomic E-state index is -0.254. The van der Waals surface area contributed by atoms with E-state index >= 15 is 0 Å². The molecule has 0 aromatic heterocycles. The maximum absolute atomic E-state index is 9.26. The van der Waals surface area contributed by atoms with Gasteiger partial charge in [0.15, 0.2) is 0 Å². The van der Waals surface area contributed by atoms with Gasteiger partial charge >= 0.3 is 0 Å². The molecule has 0 fully saturated rings. The van der Waals surface area contributed by atoms with E-state index in [0.717, 1.165) is 12.2 Å². The molecular formula is C11H17NO. The fraction of sp³-hybridized carbons (Fsp3) is 0.455. The third-order valence-electron chi connectivity index (χ3n) is 2.23. The van der Waals surface area contributed by atoms with Gasteiger partial charge in [0, 0.05) is 12.2 Å². The lowest BCUT2D eigenvalue weighted by molar-refractivity contribution is 0.141. The lowest BCUT2D eigenvalue weighted by Gasteiger charge is -2.15. The Kier molecular flexibility index (Phi) is 3.77. The van der Waals surface area contributed by atoms with E-state index in [0.29, 0.717) is 0 Å². The highest BCUT2D eigenvalue weighted by Crippen LogP contribution is 2.08. The van der Waals surface area contributed by atoms with E-state index in [4.69, 9.17) is 0 Å². The second-order valence-electron chi connectivity index (χ2n) is 3.46. The zero-order chi connectivity index (χ0) is 9.68. The van der Waals surface area contributed by atoms with Crippen LogP contribution in [0.5, 0.6) is 0 Å². The summed E-state index contributed by atoms with van der Waals surface area (Å²) in [6.07, 6.45) is -0.254. The summed E-state index contributed by atoms with van der Waals surface area (Å²) in [6.45, 7) is 4.65. The molecule has 0 radical (unpaired) electrons. The van der Waals surface area contributed by atoms with Gasteiger partial charge in [0.05, 0.1) is 6.10 Å². The van der Waals surface area contributed by atoms with Gasteiger partial charge in [0.2, 0.25) is 0 Å². The maximum Gasteiger partial charge on any atom is 0.0554 e. The Morgan fingerprint density at radius 1 is 1.23 bits per heavy atom.